The van der Waals surface area contributed by atoms with Gasteiger partial charge >= 0.3 is 5.97 Å². The van der Waals surface area contributed by atoms with Gasteiger partial charge in [0.25, 0.3) is 0 Å². The number of esters is 1. The third-order valence-corrected chi connectivity index (χ3v) is 3.74. The minimum Gasteiger partial charge on any atom is -0.505 e. The fourth-order valence-electron chi connectivity index (χ4n) is 1.76. The van der Waals surface area contributed by atoms with E-state index in [4.69, 9.17) is 4.74 Å². The van der Waals surface area contributed by atoms with Gasteiger partial charge in [0.15, 0.2) is 0 Å². The molecule has 0 aliphatic rings. The molecule has 2 aromatic rings. The summed E-state index contributed by atoms with van der Waals surface area (Å²) in [6, 6.07) is 9.45. The molecule has 0 fully saturated rings. The van der Waals surface area contributed by atoms with E-state index in [-0.39, 0.29) is 17.9 Å². The molecule has 0 spiro atoms. The summed E-state index contributed by atoms with van der Waals surface area (Å²) < 4.78 is 4.92. The maximum atomic E-state index is 11.8. The zero-order chi connectivity index (χ0) is 15.2. The summed E-state index contributed by atoms with van der Waals surface area (Å²) in [6.07, 6.45) is 1.49. The quantitative estimate of drug-likeness (QED) is 0.504. The van der Waals surface area contributed by atoms with Crippen LogP contribution in [0.4, 0.5) is 5.69 Å². The Hall–Kier alpha value is -2.34. The molecule has 0 saturated carbocycles. The van der Waals surface area contributed by atoms with Crippen LogP contribution in [0.1, 0.15) is 27.0 Å². The monoisotopic (exact) mass is 304 g/mol. The highest BCUT2D eigenvalue weighted by Crippen LogP contribution is 2.33. The predicted molar refractivity (Wildman–Crippen MR) is 84.3 cm³/mol. The molecule has 6 heteroatoms. The minimum atomic E-state index is -0.514. The van der Waals surface area contributed by atoms with Gasteiger partial charge in [-0.3, -0.25) is 5.43 Å². The molecule has 0 atom stereocenters. The Morgan fingerprint density at radius 1 is 1.43 bits per heavy atom. The van der Waals surface area contributed by atoms with Gasteiger partial charge in [-0.1, -0.05) is 18.2 Å². The molecular formula is C15H16N2O3S. The molecule has 0 aliphatic heterocycles. The van der Waals surface area contributed by atoms with E-state index < -0.39 is 5.97 Å². The Morgan fingerprint density at radius 2 is 2.14 bits per heavy atom. The fraction of sp³-hybridized carbons (Fsp3) is 0.200. The van der Waals surface area contributed by atoms with Gasteiger partial charge in [-0.25, -0.2) is 4.79 Å². The van der Waals surface area contributed by atoms with Gasteiger partial charge in [0.2, 0.25) is 0 Å². The Balaban J connectivity index is 2.14. The molecule has 0 aliphatic carbocycles. The van der Waals surface area contributed by atoms with E-state index >= 15 is 0 Å². The van der Waals surface area contributed by atoms with Crippen molar-refractivity contribution < 1.29 is 14.6 Å². The van der Waals surface area contributed by atoms with Crippen LogP contribution in [0, 0.1) is 6.92 Å². The number of carbonyl (C=O) groups excluding carboxylic acids is 1. The molecular weight excluding hydrogens is 288 g/mol. The summed E-state index contributed by atoms with van der Waals surface area (Å²) in [5.74, 6) is -0.603. The Morgan fingerprint density at radius 3 is 2.81 bits per heavy atom. The van der Waals surface area contributed by atoms with Crippen LogP contribution in [0.5, 0.6) is 5.75 Å². The maximum absolute atomic E-state index is 11.8. The Kier molecular flexibility index (Phi) is 4.94. The second-order valence-electron chi connectivity index (χ2n) is 4.20. The predicted octanol–water partition coefficient (Wildman–Crippen LogP) is 3.38. The van der Waals surface area contributed by atoms with Crippen LogP contribution in [0.25, 0.3) is 0 Å². The normalized spacial score (nSPS) is 10.8. The number of hydrogen-bond acceptors (Lipinski definition) is 6. The first kappa shape index (κ1) is 15.1. The Bertz CT molecular complexity index is 650. The second kappa shape index (κ2) is 6.90. The molecule has 2 N–H and O–H groups in total. The van der Waals surface area contributed by atoms with Gasteiger partial charge in [0, 0.05) is 4.88 Å². The maximum Gasteiger partial charge on any atom is 0.343 e. The topological polar surface area (TPSA) is 70.9 Å². The molecule has 21 heavy (non-hydrogen) atoms. The third-order valence-electron chi connectivity index (χ3n) is 2.71. The van der Waals surface area contributed by atoms with E-state index in [0.717, 1.165) is 5.69 Å². The van der Waals surface area contributed by atoms with Crippen LogP contribution in [0.3, 0.4) is 0 Å². The van der Waals surface area contributed by atoms with Gasteiger partial charge in [-0.2, -0.15) is 5.10 Å². The SMILES string of the molecule is CCOC(=O)c1c(C)sc(/C=N/Nc2ccccc2)c1O. The van der Waals surface area contributed by atoms with Crippen molar-refractivity contribution in [3.63, 3.8) is 0 Å². The van der Waals surface area contributed by atoms with Crippen LogP contribution in [-0.2, 0) is 4.74 Å². The lowest BCUT2D eigenvalue weighted by Crippen LogP contribution is -2.04. The van der Waals surface area contributed by atoms with Crippen LogP contribution in [0.15, 0.2) is 35.4 Å². The van der Waals surface area contributed by atoms with Gasteiger partial charge in [0.05, 0.1) is 23.4 Å². The van der Waals surface area contributed by atoms with Crippen LogP contribution >= 0.6 is 11.3 Å². The zero-order valence-corrected chi connectivity index (χ0v) is 12.6. The number of aryl methyl sites for hydroxylation is 1. The van der Waals surface area contributed by atoms with E-state index in [9.17, 15) is 9.90 Å². The number of nitrogens with one attached hydrogen (secondary N) is 1. The first-order valence-corrected chi connectivity index (χ1v) is 7.28. The smallest absolute Gasteiger partial charge is 0.343 e. The number of hydrazone groups is 1. The van der Waals surface area contributed by atoms with Crippen molar-refractivity contribution in [2.24, 2.45) is 5.10 Å². The van der Waals surface area contributed by atoms with Crippen molar-refractivity contribution in [3.8, 4) is 5.75 Å². The molecule has 2 rings (SSSR count). The number of thiophene rings is 1. The lowest BCUT2D eigenvalue weighted by Gasteiger charge is -2.01. The summed E-state index contributed by atoms with van der Waals surface area (Å²) in [4.78, 5) is 13.0. The first-order valence-electron chi connectivity index (χ1n) is 6.47. The average molecular weight is 304 g/mol. The summed E-state index contributed by atoms with van der Waals surface area (Å²) in [7, 11) is 0. The highest BCUT2D eigenvalue weighted by molar-refractivity contribution is 7.14. The molecule has 110 valence electrons. The lowest BCUT2D eigenvalue weighted by atomic mass is 10.2. The van der Waals surface area contributed by atoms with E-state index in [1.54, 1.807) is 13.8 Å². The zero-order valence-electron chi connectivity index (χ0n) is 11.8. The largest absolute Gasteiger partial charge is 0.505 e. The molecule has 0 saturated heterocycles. The number of carbonyl (C=O) groups is 1. The molecule has 0 unspecified atom stereocenters. The van der Waals surface area contributed by atoms with Gasteiger partial charge < -0.3 is 9.84 Å². The summed E-state index contributed by atoms with van der Waals surface area (Å²) in [5.41, 5.74) is 3.90. The van der Waals surface area contributed by atoms with Crippen LogP contribution in [0.2, 0.25) is 0 Å². The van der Waals surface area contributed by atoms with Gasteiger partial charge in [0.1, 0.15) is 11.3 Å². The highest BCUT2D eigenvalue weighted by Gasteiger charge is 2.21. The number of nitrogens with zero attached hydrogens (tertiary/aromatic N) is 1. The number of aromatic hydroxyl groups is 1. The summed E-state index contributed by atoms with van der Waals surface area (Å²) in [5, 5.41) is 14.2. The molecule has 1 aromatic heterocycles. The second-order valence-corrected chi connectivity index (χ2v) is 5.46. The van der Waals surface area contributed by atoms with Crippen molar-refractivity contribution >= 4 is 29.2 Å². The standard InChI is InChI=1S/C15H16N2O3S/c1-3-20-15(19)13-10(2)21-12(14(13)18)9-16-17-11-7-5-4-6-8-11/h4-9,17-18H,3H2,1-2H3/b16-9+. The van der Waals surface area contributed by atoms with Crippen molar-refractivity contribution in [2.45, 2.75) is 13.8 Å². The van der Waals surface area contributed by atoms with E-state index in [1.165, 1.54) is 17.6 Å². The van der Waals surface area contributed by atoms with Gasteiger partial charge in [-0.05, 0) is 26.0 Å². The lowest BCUT2D eigenvalue weighted by molar-refractivity contribution is 0.0523. The molecule has 1 aromatic carbocycles. The van der Waals surface area contributed by atoms with E-state index in [1.807, 2.05) is 30.3 Å². The van der Waals surface area contributed by atoms with Crippen molar-refractivity contribution in [3.05, 3.63) is 45.6 Å². The van der Waals surface area contributed by atoms with Gasteiger partial charge in [-0.15, -0.1) is 11.3 Å². The van der Waals surface area contributed by atoms with E-state index in [2.05, 4.69) is 10.5 Å². The number of ether oxygens (including phenoxy) is 1. The molecule has 0 bridgehead atoms. The molecule has 0 amide bonds. The number of anilines is 1. The van der Waals surface area contributed by atoms with Crippen molar-refractivity contribution in [1.82, 2.24) is 0 Å². The van der Waals surface area contributed by atoms with Crippen LogP contribution < -0.4 is 5.43 Å². The third kappa shape index (κ3) is 3.61. The molecule has 0 radical (unpaired) electrons. The summed E-state index contributed by atoms with van der Waals surface area (Å²) >= 11 is 1.29. The first-order chi connectivity index (χ1) is 10.1. The number of rotatable bonds is 5. The average Bonchev–Trinajstić information content (AvgIpc) is 2.75. The highest BCUT2D eigenvalue weighted by atomic mass is 32.1. The summed E-state index contributed by atoms with van der Waals surface area (Å²) in [6.45, 7) is 3.76. The van der Waals surface area contributed by atoms with Crippen molar-refractivity contribution in [2.75, 3.05) is 12.0 Å². The number of para-hydroxylation sites is 1. The Labute approximate surface area is 126 Å². The molecule has 1 heterocycles. The van der Waals surface area contributed by atoms with E-state index in [0.29, 0.717) is 9.75 Å². The number of benzene rings is 1. The fourth-order valence-corrected chi connectivity index (χ4v) is 2.68. The number of hydrogen-bond donors (Lipinski definition) is 2. The molecule has 5 nitrogen and oxygen atoms in total. The van der Waals surface area contributed by atoms with Crippen molar-refractivity contribution in [1.29, 1.82) is 0 Å². The van der Waals surface area contributed by atoms with Crippen LogP contribution in [-0.4, -0.2) is 23.9 Å². The minimum absolute atomic E-state index is 0.0884.